The highest BCUT2D eigenvalue weighted by Crippen LogP contribution is 2.15. The van der Waals surface area contributed by atoms with Crippen LogP contribution in [-0.2, 0) is 0 Å². The molecule has 6 nitrogen and oxygen atoms in total. The molecule has 0 saturated heterocycles. The van der Waals surface area contributed by atoms with Crippen LogP contribution < -0.4 is 16.2 Å². The van der Waals surface area contributed by atoms with Crippen molar-refractivity contribution in [3.8, 4) is 11.5 Å². The maximum atomic E-state index is 11.9. The molecule has 0 aliphatic rings. The summed E-state index contributed by atoms with van der Waals surface area (Å²) in [4.78, 5) is 26.5. The van der Waals surface area contributed by atoms with Gasteiger partial charge in [0.2, 0.25) is 0 Å². The number of hydrogen-bond donors (Lipinski definition) is 3. The number of aromatic nitrogens is 1. The third kappa shape index (κ3) is 3.16. The average Bonchev–Trinajstić information content (AvgIpc) is 2.98. The van der Waals surface area contributed by atoms with E-state index in [-0.39, 0.29) is 17.5 Å². The first-order chi connectivity index (χ1) is 9.61. The predicted molar refractivity (Wildman–Crippen MR) is 75.6 cm³/mol. The first kappa shape index (κ1) is 14.1. The molecule has 6 heteroatoms. The molecule has 2 heterocycles. The van der Waals surface area contributed by atoms with Crippen molar-refractivity contribution < 1.29 is 9.21 Å². The minimum absolute atomic E-state index is 0.0867. The molecule has 3 N–H and O–H groups in total. The van der Waals surface area contributed by atoms with Crippen molar-refractivity contribution in [1.82, 2.24) is 15.6 Å². The van der Waals surface area contributed by atoms with E-state index in [9.17, 15) is 9.59 Å². The van der Waals surface area contributed by atoms with Gasteiger partial charge in [0.15, 0.2) is 0 Å². The number of hydrogen-bond acceptors (Lipinski definition) is 4. The van der Waals surface area contributed by atoms with Gasteiger partial charge in [0, 0.05) is 12.6 Å². The number of amides is 1. The van der Waals surface area contributed by atoms with E-state index in [1.807, 2.05) is 14.0 Å². The number of pyridine rings is 1. The van der Waals surface area contributed by atoms with Crippen molar-refractivity contribution in [1.29, 1.82) is 0 Å². The van der Waals surface area contributed by atoms with Crippen LogP contribution in [0.1, 0.15) is 17.3 Å². The van der Waals surface area contributed by atoms with E-state index in [1.165, 1.54) is 12.3 Å². The lowest BCUT2D eigenvalue weighted by molar-refractivity contribution is 0.0949. The Balaban J connectivity index is 2.14. The Morgan fingerprint density at radius 1 is 1.40 bits per heavy atom. The van der Waals surface area contributed by atoms with Gasteiger partial charge in [-0.3, -0.25) is 9.59 Å². The van der Waals surface area contributed by atoms with Crippen LogP contribution in [-0.4, -0.2) is 30.5 Å². The van der Waals surface area contributed by atoms with E-state index in [0.29, 0.717) is 18.0 Å². The zero-order chi connectivity index (χ0) is 14.5. The number of furan rings is 1. The van der Waals surface area contributed by atoms with Crippen molar-refractivity contribution in [2.75, 3.05) is 13.6 Å². The lowest BCUT2D eigenvalue weighted by atomic mass is 10.2. The summed E-state index contributed by atoms with van der Waals surface area (Å²) >= 11 is 0. The summed E-state index contributed by atoms with van der Waals surface area (Å²) in [7, 11) is 1.81. The fraction of sp³-hybridized carbons (Fsp3) is 0.286. The van der Waals surface area contributed by atoms with Crippen LogP contribution in [0, 0.1) is 0 Å². The van der Waals surface area contributed by atoms with Gasteiger partial charge in [-0.1, -0.05) is 0 Å². The van der Waals surface area contributed by atoms with E-state index in [4.69, 9.17) is 4.42 Å². The largest absolute Gasteiger partial charge is 0.463 e. The highest BCUT2D eigenvalue weighted by molar-refractivity contribution is 5.94. The topological polar surface area (TPSA) is 87.1 Å². The van der Waals surface area contributed by atoms with Crippen molar-refractivity contribution in [2.45, 2.75) is 13.0 Å². The smallest absolute Gasteiger partial charge is 0.261 e. The van der Waals surface area contributed by atoms with Crippen molar-refractivity contribution >= 4 is 5.91 Å². The van der Waals surface area contributed by atoms with E-state index in [2.05, 4.69) is 15.6 Å². The molecule has 2 rings (SSSR count). The molecule has 0 saturated carbocycles. The molecule has 0 spiro atoms. The zero-order valence-electron chi connectivity index (χ0n) is 11.4. The summed E-state index contributed by atoms with van der Waals surface area (Å²) in [5.74, 6) is 0.164. The quantitative estimate of drug-likeness (QED) is 0.759. The molecular formula is C14H17N3O3. The molecule has 0 bridgehead atoms. The SMILES string of the molecule is CNC(C)CNC(=O)c1ccc(-c2ccco2)[nH]c1=O. The molecule has 2 aromatic rings. The molecule has 2 aromatic heterocycles. The number of likely N-dealkylation sites (N-methyl/N-ethyl adjacent to an activating group) is 1. The summed E-state index contributed by atoms with van der Waals surface area (Å²) in [5, 5.41) is 5.70. The first-order valence-corrected chi connectivity index (χ1v) is 6.34. The number of aromatic amines is 1. The van der Waals surface area contributed by atoms with Crippen LogP contribution in [0.3, 0.4) is 0 Å². The Bertz CT molecular complexity index is 631. The number of carbonyl (C=O) groups excluding carboxylic acids is 1. The Morgan fingerprint density at radius 2 is 2.20 bits per heavy atom. The molecule has 20 heavy (non-hydrogen) atoms. The van der Waals surface area contributed by atoms with Crippen molar-refractivity contribution in [3.05, 3.63) is 46.4 Å². The van der Waals surface area contributed by atoms with Gasteiger partial charge in [-0.15, -0.1) is 0 Å². The lowest BCUT2D eigenvalue weighted by Crippen LogP contribution is -2.38. The molecule has 1 unspecified atom stereocenters. The second-order valence-electron chi connectivity index (χ2n) is 4.49. The molecule has 0 radical (unpaired) electrons. The zero-order valence-corrected chi connectivity index (χ0v) is 11.4. The number of H-pyrrole nitrogens is 1. The summed E-state index contributed by atoms with van der Waals surface area (Å²) in [5.41, 5.74) is 0.192. The van der Waals surface area contributed by atoms with E-state index >= 15 is 0 Å². The molecule has 0 aliphatic carbocycles. The number of carbonyl (C=O) groups is 1. The Kier molecular flexibility index (Phi) is 4.37. The van der Waals surface area contributed by atoms with Gasteiger partial charge in [-0.05, 0) is 38.2 Å². The fourth-order valence-corrected chi connectivity index (χ4v) is 1.67. The number of nitrogens with one attached hydrogen (secondary N) is 3. The van der Waals surface area contributed by atoms with Crippen molar-refractivity contribution in [3.63, 3.8) is 0 Å². The molecule has 106 valence electrons. The van der Waals surface area contributed by atoms with Crippen molar-refractivity contribution in [2.24, 2.45) is 0 Å². The third-order valence-electron chi connectivity index (χ3n) is 3.00. The van der Waals surface area contributed by atoms with Gasteiger partial charge in [0.1, 0.15) is 11.3 Å². The highest BCUT2D eigenvalue weighted by Gasteiger charge is 2.12. The molecule has 0 aliphatic heterocycles. The van der Waals surface area contributed by atoms with Gasteiger partial charge < -0.3 is 20.0 Å². The standard InChI is InChI=1S/C14H17N3O3/c1-9(15-2)8-16-13(18)10-5-6-11(17-14(10)19)12-4-3-7-20-12/h3-7,9,15H,8H2,1-2H3,(H,16,18)(H,17,19). The second kappa shape index (κ2) is 6.21. The summed E-state index contributed by atoms with van der Waals surface area (Å²) in [6.07, 6.45) is 1.52. The van der Waals surface area contributed by atoms with Crippen LogP contribution in [0.5, 0.6) is 0 Å². The fourth-order valence-electron chi connectivity index (χ4n) is 1.67. The van der Waals surface area contributed by atoms with Crippen LogP contribution in [0.15, 0.2) is 39.7 Å². The first-order valence-electron chi connectivity index (χ1n) is 6.34. The number of rotatable bonds is 5. The summed E-state index contributed by atoms with van der Waals surface area (Å²) in [6, 6.07) is 6.75. The summed E-state index contributed by atoms with van der Waals surface area (Å²) in [6.45, 7) is 2.39. The normalized spacial score (nSPS) is 12.1. The Hall–Kier alpha value is -2.34. The maximum absolute atomic E-state index is 11.9. The van der Waals surface area contributed by atoms with E-state index in [1.54, 1.807) is 18.2 Å². The minimum atomic E-state index is -0.437. The lowest BCUT2D eigenvalue weighted by Gasteiger charge is -2.11. The van der Waals surface area contributed by atoms with Gasteiger partial charge >= 0.3 is 0 Å². The Labute approximate surface area is 116 Å². The van der Waals surface area contributed by atoms with Gasteiger partial charge in [0.25, 0.3) is 11.5 Å². The van der Waals surface area contributed by atoms with Gasteiger partial charge in [-0.2, -0.15) is 0 Å². The van der Waals surface area contributed by atoms with Crippen LogP contribution >= 0.6 is 0 Å². The average molecular weight is 275 g/mol. The molecule has 0 fully saturated rings. The van der Waals surface area contributed by atoms with Crippen LogP contribution in [0.2, 0.25) is 0 Å². The van der Waals surface area contributed by atoms with Crippen LogP contribution in [0.25, 0.3) is 11.5 Å². The molecule has 1 amide bonds. The van der Waals surface area contributed by atoms with Gasteiger partial charge in [-0.25, -0.2) is 0 Å². The molecule has 1 atom stereocenters. The monoisotopic (exact) mass is 275 g/mol. The maximum Gasteiger partial charge on any atom is 0.261 e. The molecule has 0 aromatic carbocycles. The molecular weight excluding hydrogens is 258 g/mol. The highest BCUT2D eigenvalue weighted by atomic mass is 16.3. The predicted octanol–water partition coefficient (Wildman–Crippen LogP) is 0.973. The van der Waals surface area contributed by atoms with E-state index in [0.717, 1.165) is 0 Å². The third-order valence-corrected chi connectivity index (χ3v) is 3.00. The summed E-state index contributed by atoms with van der Waals surface area (Å²) < 4.78 is 5.19. The van der Waals surface area contributed by atoms with Crippen LogP contribution in [0.4, 0.5) is 0 Å². The second-order valence-corrected chi connectivity index (χ2v) is 4.49. The van der Waals surface area contributed by atoms with Gasteiger partial charge in [0.05, 0.1) is 12.0 Å². The minimum Gasteiger partial charge on any atom is -0.463 e. The Morgan fingerprint density at radius 3 is 2.80 bits per heavy atom. The van der Waals surface area contributed by atoms with E-state index < -0.39 is 5.56 Å².